The molecule has 110 valence electrons. The van der Waals surface area contributed by atoms with Crippen molar-refractivity contribution in [3.63, 3.8) is 0 Å². The molecule has 0 bridgehead atoms. The van der Waals surface area contributed by atoms with E-state index in [1.54, 1.807) is 0 Å². The monoisotopic (exact) mass is 275 g/mol. The van der Waals surface area contributed by atoms with Crippen molar-refractivity contribution in [1.82, 2.24) is 10.2 Å². The highest BCUT2D eigenvalue weighted by molar-refractivity contribution is 5.90. The Bertz CT molecular complexity index is 453. The van der Waals surface area contributed by atoms with E-state index >= 15 is 0 Å². The van der Waals surface area contributed by atoms with Crippen molar-refractivity contribution in [2.24, 2.45) is 0 Å². The second-order valence-corrected chi connectivity index (χ2v) is 5.60. The number of nitrogens with zero attached hydrogens (tertiary/aromatic N) is 1. The van der Waals surface area contributed by atoms with Crippen LogP contribution < -0.4 is 10.6 Å². The zero-order valence-electron chi connectivity index (χ0n) is 12.5. The Kier molecular flexibility index (Phi) is 5.41. The van der Waals surface area contributed by atoms with Gasteiger partial charge in [-0.25, -0.2) is 4.79 Å². The summed E-state index contributed by atoms with van der Waals surface area (Å²) in [5.74, 6) is 0. The fourth-order valence-electron chi connectivity index (χ4n) is 2.63. The maximum atomic E-state index is 11.9. The minimum Gasteiger partial charge on any atom is -0.337 e. The summed E-state index contributed by atoms with van der Waals surface area (Å²) in [7, 11) is 0. The highest BCUT2D eigenvalue weighted by atomic mass is 16.2. The van der Waals surface area contributed by atoms with Gasteiger partial charge in [0.15, 0.2) is 0 Å². The number of hydrogen-bond donors (Lipinski definition) is 2. The first kappa shape index (κ1) is 14.9. The molecule has 1 aliphatic heterocycles. The number of carbonyl (C=O) groups is 1. The van der Waals surface area contributed by atoms with Gasteiger partial charge in [0.2, 0.25) is 0 Å². The molecule has 0 spiro atoms. The highest BCUT2D eigenvalue weighted by Gasteiger charge is 2.10. The van der Waals surface area contributed by atoms with E-state index in [4.69, 9.17) is 0 Å². The van der Waals surface area contributed by atoms with Gasteiger partial charge in [-0.05, 0) is 51.4 Å². The lowest BCUT2D eigenvalue weighted by molar-refractivity contribution is 0.224. The van der Waals surface area contributed by atoms with Gasteiger partial charge in [-0.1, -0.05) is 24.1 Å². The number of urea groups is 1. The molecule has 4 heteroatoms. The van der Waals surface area contributed by atoms with Crippen molar-refractivity contribution >= 4 is 11.7 Å². The van der Waals surface area contributed by atoms with Crippen LogP contribution in [0.2, 0.25) is 0 Å². The third-order valence-electron chi connectivity index (χ3n) is 3.79. The standard InChI is InChI=1S/C16H25N3O/c1-13-6-7-15(14(2)12-13)18-16(20)17-8-11-19-9-4-3-5-10-19/h6-7,12H,3-5,8-11H2,1-2H3,(H2,17,18,20). The van der Waals surface area contributed by atoms with Crippen LogP contribution in [0.4, 0.5) is 10.5 Å². The average molecular weight is 275 g/mol. The van der Waals surface area contributed by atoms with Crippen LogP contribution in [0.15, 0.2) is 18.2 Å². The minimum absolute atomic E-state index is 0.117. The van der Waals surface area contributed by atoms with Crippen LogP contribution in [0, 0.1) is 13.8 Å². The predicted molar refractivity (Wildman–Crippen MR) is 83.2 cm³/mol. The Hall–Kier alpha value is -1.55. The van der Waals surface area contributed by atoms with Crippen LogP contribution in [0.3, 0.4) is 0 Å². The highest BCUT2D eigenvalue weighted by Crippen LogP contribution is 2.15. The van der Waals surface area contributed by atoms with Gasteiger partial charge in [0.25, 0.3) is 0 Å². The average Bonchev–Trinajstić information content (AvgIpc) is 2.43. The molecule has 0 unspecified atom stereocenters. The summed E-state index contributed by atoms with van der Waals surface area (Å²) < 4.78 is 0. The van der Waals surface area contributed by atoms with Gasteiger partial charge in [-0.15, -0.1) is 0 Å². The van der Waals surface area contributed by atoms with Gasteiger partial charge in [-0.2, -0.15) is 0 Å². The number of nitrogens with one attached hydrogen (secondary N) is 2. The Morgan fingerprint density at radius 3 is 2.65 bits per heavy atom. The van der Waals surface area contributed by atoms with Crippen molar-refractivity contribution in [3.8, 4) is 0 Å². The molecule has 20 heavy (non-hydrogen) atoms. The zero-order chi connectivity index (χ0) is 14.4. The van der Waals surface area contributed by atoms with Crippen LogP contribution in [0.25, 0.3) is 0 Å². The Morgan fingerprint density at radius 2 is 1.95 bits per heavy atom. The molecule has 2 amide bonds. The van der Waals surface area contributed by atoms with E-state index in [-0.39, 0.29) is 6.03 Å². The lowest BCUT2D eigenvalue weighted by Gasteiger charge is -2.26. The van der Waals surface area contributed by atoms with Crippen LogP contribution >= 0.6 is 0 Å². The summed E-state index contributed by atoms with van der Waals surface area (Å²) in [6.07, 6.45) is 3.92. The molecule has 0 atom stereocenters. The van der Waals surface area contributed by atoms with E-state index in [1.807, 2.05) is 19.1 Å². The number of hydrogen-bond acceptors (Lipinski definition) is 2. The summed E-state index contributed by atoms with van der Waals surface area (Å²) >= 11 is 0. The number of carbonyl (C=O) groups excluding carboxylic acids is 1. The molecule has 0 aliphatic carbocycles. The van der Waals surface area contributed by atoms with Gasteiger partial charge in [0.1, 0.15) is 0 Å². The maximum absolute atomic E-state index is 11.9. The minimum atomic E-state index is -0.117. The third-order valence-corrected chi connectivity index (χ3v) is 3.79. The van der Waals surface area contributed by atoms with Crippen LogP contribution in [-0.4, -0.2) is 37.1 Å². The molecule has 0 radical (unpaired) electrons. The van der Waals surface area contributed by atoms with Gasteiger partial charge in [-0.3, -0.25) is 0 Å². The summed E-state index contributed by atoms with van der Waals surface area (Å²) in [4.78, 5) is 14.3. The Labute approximate surface area is 121 Å². The molecule has 1 aromatic rings. The number of benzene rings is 1. The van der Waals surface area contributed by atoms with Crippen molar-refractivity contribution in [3.05, 3.63) is 29.3 Å². The summed E-state index contributed by atoms with van der Waals surface area (Å²) in [5.41, 5.74) is 3.18. The number of likely N-dealkylation sites (tertiary alicyclic amines) is 1. The Balaban J connectivity index is 1.72. The second kappa shape index (κ2) is 7.29. The second-order valence-electron chi connectivity index (χ2n) is 5.60. The van der Waals surface area contributed by atoms with Crippen molar-refractivity contribution in [1.29, 1.82) is 0 Å². The molecule has 0 aromatic heterocycles. The van der Waals surface area contributed by atoms with Gasteiger partial charge in [0.05, 0.1) is 0 Å². The third kappa shape index (κ3) is 4.53. The molecule has 1 saturated heterocycles. The van der Waals surface area contributed by atoms with E-state index in [2.05, 4.69) is 28.5 Å². The summed E-state index contributed by atoms with van der Waals surface area (Å²) in [6, 6.07) is 5.92. The van der Waals surface area contributed by atoms with Gasteiger partial charge >= 0.3 is 6.03 Å². The normalized spacial score (nSPS) is 15.9. The number of rotatable bonds is 4. The first-order valence-electron chi connectivity index (χ1n) is 7.49. The molecular formula is C16H25N3O. The largest absolute Gasteiger partial charge is 0.337 e. The van der Waals surface area contributed by atoms with Crippen molar-refractivity contribution in [2.75, 3.05) is 31.5 Å². The Morgan fingerprint density at radius 1 is 1.20 bits per heavy atom. The number of amides is 2. The fourth-order valence-corrected chi connectivity index (χ4v) is 2.63. The molecule has 2 rings (SSSR count). The number of anilines is 1. The number of aryl methyl sites for hydroxylation is 2. The van der Waals surface area contributed by atoms with Gasteiger partial charge in [0, 0.05) is 18.8 Å². The maximum Gasteiger partial charge on any atom is 0.319 e. The molecule has 4 nitrogen and oxygen atoms in total. The van der Waals surface area contributed by atoms with E-state index in [0.717, 1.165) is 17.8 Å². The fraction of sp³-hybridized carbons (Fsp3) is 0.562. The lowest BCUT2D eigenvalue weighted by atomic mass is 10.1. The quantitative estimate of drug-likeness (QED) is 0.887. The smallest absolute Gasteiger partial charge is 0.319 e. The SMILES string of the molecule is Cc1ccc(NC(=O)NCCN2CCCCC2)c(C)c1. The van der Waals surface area contributed by atoms with Crippen molar-refractivity contribution < 1.29 is 4.79 Å². The van der Waals surface area contributed by atoms with Gasteiger partial charge < -0.3 is 15.5 Å². The lowest BCUT2D eigenvalue weighted by Crippen LogP contribution is -2.39. The predicted octanol–water partition coefficient (Wildman–Crippen LogP) is 2.91. The van der Waals surface area contributed by atoms with E-state index in [0.29, 0.717) is 6.54 Å². The number of piperidine rings is 1. The van der Waals surface area contributed by atoms with E-state index in [1.165, 1.54) is 37.9 Å². The molecule has 1 heterocycles. The topological polar surface area (TPSA) is 44.4 Å². The summed E-state index contributed by atoms with van der Waals surface area (Å²) in [5, 5.41) is 5.84. The molecule has 0 saturated carbocycles. The first-order chi connectivity index (χ1) is 9.65. The van der Waals surface area contributed by atoms with Crippen LogP contribution in [-0.2, 0) is 0 Å². The van der Waals surface area contributed by atoms with Crippen LogP contribution in [0.5, 0.6) is 0 Å². The van der Waals surface area contributed by atoms with E-state index in [9.17, 15) is 4.79 Å². The molecule has 2 N–H and O–H groups in total. The molecule has 1 aliphatic rings. The van der Waals surface area contributed by atoms with Crippen LogP contribution in [0.1, 0.15) is 30.4 Å². The summed E-state index contributed by atoms with van der Waals surface area (Å²) in [6.45, 7) is 8.05. The van der Waals surface area contributed by atoms with E-state index < -0.39 is 0 Å². The van der Waals surface area contributed by atoms with Crippen molar-refractivity contribution in [2.45, 2.75) is 33.1 Å². The molecular weight excluding hydrogens is 250 g/mol. The first-order valence-corrected chi connectivity index (χ1v) is 7.49. The zero-order valence-corrected chi connectivity index (χ0v) is 12.5. The molecule has 1 aromatic carbocycles. The molecule has 1 fully saturated rings.